The largest absolute Gasteiger partial charge is 0.437 e. The third-order valence-electron chi connectivity index (χ3n) is 6.90. The predicted molar refractivity (Wildman–Crippen MR) is 137 cm³/mol. The average molecular weight is 422 g/mol. The Morgan fingerprint density at radius 2 is 1.70 bits per heavy atom. The number of benzene rings is 2. The Hall–Kier alpha value is -3.01. The number of aromatic nitrogens is 2. The summed E-state index contributed by atoms with van der Waals surface area (Å²) < 4.78 is 6.26. The SMILES string of the molecule is [B]C([B])([B])c1ccc2c(n1)oc1c(-c3nccc4cc(C5CCCC5)ccc34)cc(C)cc12. The molecule has 1 fully saturated rings. The van der Waals surface area contributed by atoms with Crippen LogP contribution in [-0.2, 0) is 5.11 Å². The van der Waals surface area contributed by atoms with Gasteiger partial charge in [-0.25, -0.2) is 4.98 Å². The summed E-state index contributed by atoms with van der Waals surface area (Å²) in [6, 6.07) is 16.8. The Bertz CT molecular complexity index is 1530. The third-order valence-corrected chi connectivity index (χ3v) is 6.90. The van der Waals surface area contributed by atoms with Crippen LogP contribution in [0.15, 0.2) is 59.1 Å². The number of hydrogen-bond donors (Lipinski definition) is 0. The molecule has 6 heteroatoms. The summed E-state index contributed by atoms with van der Waals surface area (Å²) in [6.07, 6.45) is 7.10. The Morgan fingerprint density at radius 1 is 0.909 bits per heavy atom. The molecular formula is C27H21B3N2O. The monoisotopic (exact) mass is 422 g/mol. The summed E-state index contributed by atoms with van der Waals surface area (Å²) >= 11 is 0. The van der Waals surface area contributed by atoms with Crippen molar-refractivity contribution in [2.75, 3.05) is 0 Å². The Morgan fingerprint density at radius 3 is 2.48 bits per heavy atom. The molecule has 5 aromatic rings. The number of aryl methyl sites for hydroxylation is 1. The lowest BCUT2D eigenvalue weighted by Crippen LogP contribution is -2.28. The Labute approximate surface area is 197 Å². The minimum atomic E-state index is -1.53. The normalized spacial score (nSPS) is 15.2. The topological polar surface area (TPSA) is 38.9 Å². The molecule has 0 spiro atoms. The molecular weight excluding hydrogens is 401 g/mol. The molecule has 6 radical (unpaired) electrons. The van der Waals surface area contributed by atoms with Crippen LogP contribution in [0.2, 0.25) is 0 Å². The van der Waals surface area contributed by atoms with E-state index in [1.807, 2.05) is 12.3 Å². The molecule has 0 bridgehead atoms. The van der Waals surface area contributed by atoms with Crippen molar-refractivity contribution in [3.8, 4) is 11.3 Å². The maximum absolute atomic E-state index is 6.26. The molecule has 0 aliphatic heterocycles. The van der Waals surface area contributed by atoms with E-state index < -0.39 is 5.11 Å². The number of hydrogen-bond acceptors (Lipinski definition) is 3. The molecule has 3 nitrogen and oxygen atoms in total. The summed E-state index contributed by atoms with van der Waals surface area (Å²) in [5, 5.41) is 2.67. The van der Waals surface area contributed by atoms with Crippen molar-refractivity contribution in [1.82, 2.24) is 9.97 Å². The van der Waals surface area contributed by atoms with Crippen molar-refractivity contribution < 1.29 is 4.42 Å². The zero-order valence-electron chi connectivity index (χ0n) is 18.6. The first kappa shape index (κ1) is 20.6. The lowest BCUT2D eigenvalue weighted by molar-refractivity contribution is 0.652. The van der Waals surface area contributed by atoms with Crippen LogP contribution in [0, 0.1) is 6.92 Å². The van der Waals surface area contributed by atoms with Crippen molar-refractivity contribution in [1.29, 1.82) is 0 Å². The van der Waals surface area contributed by atoms with Crippen molar-refractivity contribution in [3.05, 3.63) is 71.5 Å². The smallest absolute Gasteiger partial charge is 0.227 e. The molecule has 0 atom stereocenters. The van der Waals surface area contributed by atoms with Crippen LogP contribution in [-0.4, -0.2) is 33.5 Å². The molecule has 154 valence electrons. The third kappa shape index (κ3) is 3.47. The number of fused-ring (bicyclic) bond motifs is 4. The van der Waals surface area contributed by atoms with E-state index in [2.05, 4.69) is 48.3 Å². The molecule has 0 amide bonds. The molecule has 0 unspecified atom stereocenters. The van der Waals surface area contributed by atoms with Gasteiger partial charge >= 0.3 is 0 Å². The molecule has 1 aliphatic rings. The summed E-state index contributed by atoms with van der Waals surface area (Å²) in [5.74, 6) is 0.673. The van der Waals surface area contributed by atoms with Gasteiger partial charge < -0.3 is 4.42 Å². The summed E-state index contributed by atoms with van der Waals surface area (Å²) in [6.45, 7) is 2.08. The first-order chi connectivity index (χ1) is 15.9. The van der Waals surface area contributed by atoms with Crippen molar-refractivity contribution in [2.24, 2.45) is 0 Å². The van der Waals surface area contributed by atoms with E-state index in [0.717, 1.165) is 38.6 Å². The van der Waals surface area contributed by atoms with E-state index in [9.17, 15) is 0 Å². The zero-order chi connectivity index (χ0) is 22.7. The maximum atomic E-state index is 6.26. The van der Waals surface area contributed by atoms with Gasteiger partial charge in [-0.2, -0.15) is 0 Å². The van der Waals surface area contributed by atoms with Gasteiger partial charge in [0, 0.05) is 33.6 Å². The fraction of sp³-hybridized carbons (Fsp3) is 0.259. The van der Waals surface area contributed by atoms with E-state index in [0.29, 0.717) is 17.3 Å². The van der Waals surface area contributed by atoms with Gasteiger partial charge in [-0.1, -0.05) is 36.2 Å². The fourth-order valence-corrected chi connectivity index (χ4v) is 5.24. The molecule has 6 rings (SSSR count). The molecule has 33 heavy (non-hydrogen) atoms. The van der Waals surface area contributed by atoms with E-state index >= 15 is 0 Å². The van der Waals surface area contributed by atoms with Crippen LogP contribution in [0.25, 0.3) is 44.1 Å². The first-order valence-electron chi connectivity index (χ1n) is 11.5. The highest BCUT2D eigenvalue weighted by Crippen LogP contribution is 2.40. The molecule has 0 N–H and O–H groups in total. The van der Waals surface area contributed by atoms with Gasteiger partial charge in [-0.05, 0) is 72.5 Å². The molecule has 2 aromatic carbocycles. The van der Waals surface area contributed by atoms with Crippen LogP contribution >= 0.6 is 0 Å². The van der Waals surface area contributed by atoms with Crippen molar-refractivity contribution in [3.63, 3.8) is 0 Å². The zero-order valence-corrected chi connectivity index (χ0v) is 18.6. The highest BCUT2D eigenvalue weighted by Gasteiger charge is 2.21. The van der Waals surface area contributed by atoms with Gasteiger partial charge in [-0.15, -0.1) is 0 Å². The first-order valence-corrected chi connectivity index (χ1v) is 11.5. The lowest BCUT2D eigenvalue weighted by atomic mass is 9.41. The highest BCUT2D eigenvalue weighted by atomic mass is 16.3. The summed E-state index contributed by atoms with van der Waals surface area (Å²) in [4.78, 5) is 9.29. The summed E-state index contributed by atoms with van der Waals surface area (Å²) in [7, 11) is 17.5. The fourth-order valence-electron chi connectivity index (χ4n) is 5.24. The second kappa shape index (κ2) is 7.51. The quantitative estimate of drug-likeness (QED) is 0.347. The van der Waals surface area contributed by atoms with Crippen molar-refractivity contribution >= 4 is 56.4 Å². The van der Waals surface area contributed by atoms with Crippen LogP contribution < -0.4 is 0 Å². The van der Waals surface area contributed by atoms with Gasteiger partial charge in [0.1, 0.15) is 5.58 Å². The second-order valence-electron chi connectivity index (χ2n) is 9.39. The highest BCUT2D eigenvalue weighted by molar-refractivity contribution is 6.58. The molecule has 1 aliphatic carbocycles. The van der Waals surface area contributed by atoms with Crippen LogP contribution in [0.3, 0.4) is 0 Å². The average Bonchev–Trinajstić information content (AvgIpc) is 3.45. The maximum Gasteiger partial charge on any atom is 0.227 e. The van der Waals surface area contributed by atoms with E-state index in [1.54, 1.807) is 6.07 Å². The number of rotatable bonds is 3. The number of furan rings is 1. The van der Waals surface area contributed by atoms with Gasteiger partial charge in [0.25, 0.3) is 0 Å². The van der Waals surface area contributed by atoms with Gasteiger partial charge in [0.2, 0.25) is 5.71 Å². The van der Waals surface area contributed by atoms with Gasteiger partial charge in [-0.3, -0.25) is 4.98 Å². The molecule has 0 saturated heterocycles. The van der Waals surface area contributed by atoms with Crippen LogP contribution in [0.1, 0.15) is 48.4 Å². The van der Waals surface area contributed by atoms with Crippen LogP contribution in [0.4, 0.5) is 0 Å². The molecule has 3 aromatic heterocycles. The van der Waals surface area contributed by atoms with Gasteiger partial charge in [0.15, 0.2) is 0 Å². The second-order valence-corrected chi connectivity index (χ2v) is 9.39. The van der Waals surface area contributed by atoms with Crippen LogP contribution in [0.5, 0.6) is 0 Å². The Balaban J connectivity index is 1.57. The van der Waals surface area contributed by atoms with E-state index in [1.165, 1.54) is 36.6 Å². The number of nitrogens with zero attached hydrogens (tertiary/aromatic N) is 2. The predicted octanol–water partition coefficient (Wildman–Crippen LogP) is 5.78. The number of pyridine rings is 2. The molecule has 3 heterocycles. The van der Waals surface area contributed by atoms with Gasteiger partial charge in [0.05, 0.1) is 29.2 Å². The summed E-state index contributed by atoms with van der Waals surface area (Å²) in [5.41, 5.74) is 5.99. The minimum absolute atomic E-state index is 0.370. The van der Waals surface area contributed by atoms with E-state index in [-0.39, 0.29) is 0 Å². The standard InChI is InChI=1S/C27H21B3N2O/c1-15-12-21-20-8-9-23(27(28,29)30)32-26(20)33-25(21)22(13-15)24-19-7-6-17(16-4-2-3-5-16)14-18(19)10-11-31-24/h6-14,16H,2-5H2,1H3. The van der Waals surface area contributed by atoms with Crippen molar-refractivity contribution in [2.45, 2.75) is 43.6 Å². The lowest BCUT2D eigenvalue weighted by Gasteiger charge is -2.18. The minimum Gasteiger partial charge on any atom is -0.437 e. The Kier molecular flexibility index (Phi) is 4.69. The van der Waals surface area contributed by atoms with E-state index in [4.69, 9.17) is 32.9 Å². The molecule has 1 saturated carbocycles.